The Hall–Kier alpha value is -2.62. The number of carboxylic acid groups (broad SMARTS) is 1. The molecule has 2 aromatic carbocycles. The highest BCUT2D eigenvalue weighted by atomic mass is 16.5. The summed E-state index contributed by atoms with van der Waals surface area (Å²) in [5, 5.41) is 8.88. The maximum atomic E-state index is 12.4. The third-order valence-corrected chi connectivity index (χ3v) is 3.78. The number of hydrogen-bond donors (Lipinski definition) is 1. The maximum Gasteiger partial charge on any atom is 0.335 e. The largest absolute Gasteiger partial charge is 0.494 e. The smallest absolute Gasteiger partial charge is 0.335 e. The zero-order valence-corrected chi connectivity index (χ0v) is 13.8. The number of unbranched alkanes of at least 4 members (excludes halogenated alkanes) is 3. The number of carbonyl (C=O) groups excluding carboxylic acids is 1. The number of aromatic carboxylic acids is 1. The summed E-state index contributed by atoms with van der Waals surface area (Å²) in [6, 6.07) is 13.0. The molecule has 2 aromatic rings. The molecule has 0 fully saturated rings. The average Bonchev–Trinajstić information content (AvgIpc) is 2.61. The predicted molar refractivity (Wildman–Crippen MR) is 92.9 cm³/mol. The van der Waals surface area contributed by atoms with E-state index in [4.69, 9.17) is 9.84 Å². The second-order valence-electron chi connectivity index (χ2n) is 5.65. The lowest BCUT2D eigenvalue weighted by molar-refractivity contribution is 0.0696. The number of rotatable bonds is 9. The van der Waals surface area contributed by atoms with E-state index in [0.29, 0.717) is 17.7 Å². The van der Waals surface area contributed by atoms with Crippen molar-refractivity contribution in [2.45, 2.75) is 32.6 Å². The van der Waals surface area contributed by atoms with Crippen LogP contribution in [0.25, 0.3) is 0 Å². The first-order valence-corrected chi connectivity index (χ1v) is 8.22. The second kappa shape index (κ2) is 8.87. The molecule has 0 spiro atoms. The van der Waals surface area contributed by atoms with Gasteiger partial charge in [0, 0.05) is 11.1 Å². The monoisotopic (exact) mass is 326 g/mol. The van der Waals surface area contributed by atoms with Gasteiger partial charge < -0.3 is 9.84 Å². The van der Waals surface area contributed by atoms with Gasteiger partial charge in [-0.05, 0) is 42.8 Å². The van der Waals surface area contributed by atoms with Gasteiger partial charge in [0.2, 0.25) is 0 Å². The van der Waals surface area contributed by atoms with E-state index in [1.807, 2.05) is 0 Å². The van der Waals surface area contributed by atoms with E-state index in [0.717, 1.165) is 12.2 Å². The van der Waals surface area contributed by atoms with Gasteiger partial charge in [0.15, 0.2) is 5.78 Å². The van der Waals surface area contributed by atoms with Crippen molar-refractivity contribution < 1.29 is 19.4 Å². The summed E-state index contributed by atoms with van der Waals surface area (Å²) in [6.07, 6.45) is 4.62. The first-order chi connectivity index (χ1) is 11.6. The highest BCUT2D eigenvalue weighted by Crippen LogP contribution is 2.16. The first-order valence-electron chi connectivity index (χ1n) is 8.22. The van der Waals surface area contributed by atoms with Crippen LogP contribution in [0.3, 0.4) is 0 Å². The fourth-order valence-corrected chi connectivity index (χ4v) is 2.35. The summed E-state index contributed by atoms with van der Waals surface area (Å²) in [7, 11) is 0. The van der Waals surface area contributed by atoms with Crippen molar-refractivity contribution in [3.8, 4) is 5.75 Å². The third kappa shape index (κ3) is 4.95. The van der Waals surface area contributed by atoms with Gasteiger partial charge in [-0.15, -0.1) is 0 Å². The molecule has 0 unspecified atom stereocenters. The molecule has 0 radical (unpaired) electrons. The number of carbonyl (C=O) groups is 2. The minimum absolute atomic E-state index is 0.138. The van der Waals surface area contributed by atoms with E-state index in [1.54, 1.807) is 24.3 Å². The van der Waals surface area contributed by atoms with E-state index in [2.05, 4.69) is 6.92 Å². The Morgan fingerprint density at radius 3 is 1.92 bits per heavy atom. The van der Waals surface area contributed by atoms with Crippen LogP contribution in [0, 0.1) is 0 Å². The molecule has 0 saturated carbocycles. The number of ether oxygens (including phenoxy) is 1. The lowest BCUT2D eigenvalue weighted by atomic mass is 10.0. The fraction of sp³-hybridized carbons (Fsp3) is 0.300. The van der Waals surface area contributed by atoms with Gasteiger partial charge in [0.05, 0.1) is 12.2 Å². The summed E-state index contributed by atoms with van der Waals surface area (Å²) in [4.78, 5) is 23.2. The Bertz CT molecular complexity index is 672. The van der Waals surface area contributed by atoms with Crippen molar-refractivity contribution in [3.63, 3.8) is 0 Å². The molecule has 0 heterocycles. The fourth-order valence-electron chi connectivity index (χ4n) is 2.35. The Morgan fingerprint density at radius 2 is 1.38 bits per heavy atom. The Balaban J connectivity index is 1.94. The number of ketones is 1. The van der Waals surface area contributed by atoms with Crippen molar-refractivity contribution in [3.05, 3.63) is 65.2 Å². The van der Waals surface area contributed by atoms with Crippen molar-refractivity contribution in [2.75, 3.05) is 6.61 Å². The molecule has 0 amide bonds. The molecule has 4 heteroatoms. The van der Waals surface area contributed by atoms with Crippen LogP contribution in [0.4, 0.5) is 0 Å². The quantitative estimate of drug-likeness (QED) is 0.541. The highest BCUT2D eigenvalue weighted by molar-refractivity contribution is 6.09. The van der Waals surface area contributed by atoms with Gasteiger partial charge >= 0.3 is 5.97 Å². The van der Waals surface area contributed by atoms with Crippen LogP contribution in [0.15, 0.2) is 48.5 Å². The molecule has 0 bridgehead atoms. The number of benzene rings is 2. The second-order valence-corrected chi connectivity index (χ2v) is 5.65. The zero-order chi connectivity index (χ0) is 17.4. The van der Waals surface area contributed by atoms with E-state index in [-0.39, 0.29) is 11.3 Å². The average molecular weight is 326 g/mol. The standard InChI is InChI=1S/C20H22O4/c1-2-3-4-5-14-24-18-12-10-16(11-13-18)19(21)15-6-8-17(9-7-15)20(22)23/h6-13H,2-5,14H2,1H3,(H,22,23). The lowest BCUT2D eigenvalue weighted by Crippen LogP contribution is -2.03. The molecule has 0 aliphatic rings. The van der Waals surface area contributed by atoms with Crippen LogP contribution in [-0.4, -0.2) is 23.5 Å². The van der Waals surface area contributed by atoms with E-state index in [1.165, 1.54) is 43.5 Å². The number of carboxylic acids is 1. The molecule has 0 atom stereocenters. The minimum atomic E-state index is -1.01. The van der Waals surface area contributed by atoms with Gasteiger partial charge in [-0.1, -0.05) is 38.3 Å². The van der Waals surface area contributed by atoms with Gasteiger partial charge in [0.25, 0.3) is 0 Å². The summed E-state index contributed by atoms with van der Waals surface area (Å²) in [5.41, 5.74) is 1.18. The minimum Gasteiger partial charge on any atom is -0.494 e. The van der Waals surface area contributed by atoms with Crippen molar-refractivity contribution >= 4 is 11.8 Å². The molecule has 1 N–H and O–H groups in total. The SMILES string of the molecule is CCCCCCOc1ccc(C(=O)c2ccc(C(=O)O)cc2)cc1. The van der Waals surface area contributed by atoms with E-state index in [9.17, 15) is 9.59 Å². The normalized spacial score (nSPS) is 10.4. The Labute approximate surface area is 142 Å². The summed E-state index contributed by atoms with van der Waals surface area (Å²) < 4.78 is 5.66. The lowest BCUT2D eigenvalue weighted by Gasteiger charge is -2.07. The zero-order valence-electron chi connectivity index (χ0n) is 13.8. The van der Waals surface area contributed by atoms with Crippen LogP contribution < -0.4 is 4.74 Å². The van der Waals surface area contributed by atoms with Gasteiger partial charge in [-0.3, -0.25) is 4.79 Å². The first kappa shape index (κ1) is 17.7. The Morgan fingerprint density at radius 1 is 0.833 bits per heavy atom. The molecule has 0 aliphatic heterocycles. The summed E-state index contributed by atoms with van der Waals surface area (Å²) >= 11 is 0. The summed E-state index contributed by atoms with van der Waals surface area (Å²) in [6.45, 7) is 2.86. The molecule has 0 saturated heterocycles. The molecule has 126 valence electrons. The van der Waals surface area contributed by atoms with Gasteiger partial charge in [0.1, 0.15) is 5.75 Å². The van der Waals surface area contributed by atoms with Crippen LogP contribution in [-0.2, 0) is 0 Å². The molecule has 0 aliphatic carbocycles. The molecule has 0 aromatic heterocycles. The molecular weight excluding hydrogens is 304 g/mol. The van der Waals surface area contributed by atoms with Crippen LogP contribution in [0.5, 0.6) is 5.75 Å². The van der Waals surface area contributed by atoms with Gasteiger partial charge in [-0.25, -0.2) is 4.79 Å². The van der Waals surface area contributed by atoms with Gasteiger partial charge in [-0.2, -0.15) is 0 Å². The maximum absolute atomic E-state index is 12.4. The van der Waals surface area contributed by atoms with E-state index < -0.39 is 5.97 Å². The molecule has 4 nitrogen and oxygen atoms in total. The number of hydrogen-bond acceptors (Lipinski definition) is 3. The molecule has 24 heavy (non-hydrogen) atoms. The molecule has 2 rings (SSSR count). The predicted octanol–water partition coefficient (Wildman–Crippen LogP) is 4.57. The topological polar surface area (TPSA) is 63.6 Å². The van der Waals surface area contributed by atoms with E-state index >= 15 is 0 Å². The molecular formula is C20H22O4. The van der Waals surface area contributed by atoms with Crippen molar-refractivity contribution in [1.29, 1.82) is 0 Å². The highest BCUT2D eigenvalue weighted by Gasteiger charge is 2.10. The summed E-state index contributed by atoms with van der Waals surface area (Å²) in [5.74, 6) is -0.389. The van der Waals surface area contributed by atoms with Crippen molar-refractivity contribution in [1.82, 2.24) is 0 Å². The third-order valence-electron chi connectivity index (χ3n) is 3.78. The van der Waals surface area contributed by atoms with Crippen LogP contribution >= 0.6 is 0 Å². The van der Waals surface area contributed by atoms with Crippen molar-refractivity contribution in [2.24, 2.45) is 0 Å². The van der Waals surface area contributed by atoms with Crippen LogP contribution in [0.2, 0.25) is 0 Å². The van der Waals surface area contributed by atoms with Crippen LogP contribution in [0.1, 0.15) is 58.9 Å². The Kier molecular flexibility index (Phi) is 6.55.